The molecule has 0 aliphatic heterocycles. The van der Waals surface area contributed by atoms with E-state index in [0.29, 0.717) is 27.0 Å². The molecule has 3 rings (SSSR count). The zero-order valence-electron chi connectivity index (χ0n) is 12.0. The fourth-order valence-electron chi connectivity index (χ4n) is 2.01. The highest BCUT2D eigenvalue weighted by Gasteiger charge is 2.09. The molecule has 0 unspecified atom stereocenters. The zero-order chi connectivity index (χ0) is 15.5. The van der Waals surface area contributed by atoms with Crippen LogP contribution in [0.3, 0.4) is 0 Å². The van der Waals surface area contributed by atoms with Crippen LogP contribution in [0.15, 0.2) is 34.9 Å². The zero-order valence-corrected chi connectivity index (χ0v) is 12.8. The summed E-state index contributed by atoms with van der Waals surface area (Å²) in [6, 6.07) is 7.64. The minimum Gasteiger partial charge on any atom is -0.493 e. The molecule has 3 aromatic rings. The maximum absolute atomic E-state index is 11.4. The van der Waals surface area contributed by atoms with E-state index in [-0.39, 0.29) is 5.97 Å². The van der Waals surface area contributed by atoms with Crippen LogP contribution < -0.4 is 4.74 Å². The Morgan fingerprint density at radius 3 is 2.95 bits per heavy atom. The number of thiazole rings is 1. The maximum Gasteiger partial charge on any atom is 0.349 e. The van der Waals surface area contributed by atoms with Gasteiger partial charge >= 0.3 is 5.97 Å². The predicted octanol–water partition coefficient (Wildman–Crippen LogP) is 3.85. The third-order valence-electron chi connectivity index (χ3n) is 3.05. The van der Waals surface area contributed by atoms with Gasteiger partial charge in [-0.3, -0.25) is 0 Å². The summed E-state index contributed by atoms with van der Waals surface area (Å²) in [7, 11) is 2.95. The van der Waals surface area contributed by atoms with E-state index in [1.54, 1.807) is 19.3 Å². The second-order valence-electron chi connectivity index (χ2n) is 4.42. The molecule has 2 aromatic heterocycles. The Morgan fingerprint density at radius 1 is 1.32 bits per heavy atom. The van der Waals surface area contributed by atoms with Gasteiger partial charge in [-0.05, 0) is 24.3 Å². The van der Waals surface area contributed by atoms with Gasteiger partial charge in [-0.1, -0.05) is 12.1 Å². The molecule has 0 amide bonds. The lowest BCUT2D eigenvalue weighted by atomic mass is 10.2. The van der Waals surface area contributed by atoms with Crippen molar-refractivity contribution < 1.29 is 18.7 Å². The number of para-hydroxylation sites is 1. The minimum atomic E-state index is -0.384. The van der Waals surface area contributed by atoms with E-state index in [0.717, 1.165) is 5.39 Å². The topological polar surface area (TPSA) is 61.6 Å². The minimum absolute atomic E-state index is 0.384. The van der Waals surface area contributed by atoms with Gasteiger partial charge in [0, 0.05) is 5.39 Å². The molecule has 5 nitrogen and oxygen atoms in total. The first-order chi connectivity index (χ1) is 10.7. The van der Waals surface area contributed by atoms with Crippen molar-refractivity contribution in [2.24, 2.45) is 0 Å². The van der Waals surface area contributed by atoms with Crippen LogP contribution in [0, 0.1) is 0 Å². The maximum atomic E-state index is 11.4. The van der Waals surface area contributed by atoms with E-state index < -0.39 is 0 Å². The van der Waals surface area contributed by atoms with Crippen molar-refractivity contribution in [3.8, 4) is 5.75 Å². The normalized spacial score (nSPS) is 11.2. The Labute approximate surface area is 130 Å². The molecule has 2 heterocycles. The molecule has 0 bridgehead atoms. The number of hydrogen-bond acceptors (Lipinski definition) is 6. The van der Waals surface area contributed by atoms with E-state index in [4.69, 9.17) is 9.15 Å². The number of methoxy groups -OCH3 is 2. The van der Waals surface area contributed by atoms with Gasteiger partial charge in [0.25, 0.3) is 0 Å². The van der Waals surface area contributed by atoms with Gasteiger partial charge in [0.15, 0.2) is 11.3 Å². The monoisotopic (exact) mass is 315 g/mol. The van der Waals surface area contributed by atoms with Crippen LogP contribution in [0.5, 0.6) is 5.75 Å². The lowest BCUT2D eigenvalue weighted by Crippen LogP contribution is -1.96. The summed E-state index contributed by atoms with van der Waals surface area (Å²) >= 11 is 1.26. The second-order valence-corrected chi connectivity index (χ2v) is 5.48. The largest absolute Gasteiger partial charge is 0.493 e. The Kier molecular flexibility index (Phi) is 3.93. The van der Waals surface area contributed by atoms with Gasteiger partial charge < -0.3 is 13.9 Å². The number of aromatic nitrogens is 1. The quantitative estimate of drug-likeness (QED) is 0.684. The highest BCUT2D eigenvalue weighted by Crippen LogP contribution is 2.29. The van der Waals surface area contributed by atoms with E-state index in [1.807, 2.05) is 24.3 Å². The van der Waals surface area contributed by atoms with Crippen molar-refractivity contribution in [3.63, 3.8) is 0 Å². The van der Waals surface area contributed by atoms with E-state index in [2.05, 4.69) is 9.72 Å². The van der Waals surface area contributed by atoms with Gasteiger partial charge in [-0.15, -0.1) is 11.3 Å². The number of benzene rings is 1. The fourth-order valence-corrected chi connectivity index (χ4v) is 2.75. The summed E-state index contributed by atoms with van der Waals surface area (Å²) in [6.07, 6.45) is 5.10. The Morgan fingerprint density at radius 2 is 2.18 bits per heavy atom. The van der Waals surface area contributed by atoms with Gasteiger partial charge in [-0.2, -0.15) is 0 Å². The second kappa shape index (κ2) is 6.03. The standard InChI is InChI=1S/C16H13NO4S/c1-19-12-5-3-4-10-8-11(21-15(10)12)6-7-14-17-9-13(22-14)16(18)20-2/h3-9H,1-2H3/b7-6+. The van der Waals surface area contributed by atoms with Gasteiger partial charge in [0.1, 0.15) is 15.6 Å². The molecule has 0 spiro atoms. The molecule has 22 heavy (non-hydrogen) atoms. The van der Waals surface area contributed by atoms with Crippen molar-refractivity contribution in [2.45, 2.75) is 0 Å². The number of furan rings is 1. The van der Waals surface area contributed by atoms with Crippen LogP contribution in [0.1, 0.15) is 20.4 Å². The van der Waals surface area contributed by atoms with Crippen LogP contribution in [-0.4, -0.2) is 25.2 Å². The van der Waals surface area contributed by atoms with Crippen molar-refractivity contribution >= 4 is 40.4 Å². The fraction of sp³-hybridized carbons (Fsp3) is 0.125. The summed E-state index contributed by atoms with van der Waals surface area (Å²) in [5.74, 6) is 0.999. The average Bonchev–Trinajstić information content (AvgIpc) is 3.17. The number of fused-ring (bicyclic) bond motifs is 1. The first-order valence-corrected chi connectivity index (χ1v) is 7.31. The van der Waals surface area contributed by atoms with Gasteiger partial charge in [0.05, 0.1) is 20.4 Å². The van der Waals surface area contributed by atoms with Crippen LogP contribution >= 0.6 is 11.3 Å². The highest BCUT2D eigenvalue weighted by atomic mass is 32.1. The molecule has 0 radical (unpaired) electrons. The number of carbonyl (C=O) groups excluding carboxylic acids is 1. The van der Waals surface area contributed by atoms with E-state index in [1.165, 1.54) is 24.6 Å². The molecule has 0 saturated heterocycles. The first kappa shape index (κ1) is 14.3. The van der Waals surface area contributed by atoms with Gasteiger partial charge in [-0.25, -0.2) is 9.78 Å². The molecule has 0 N–H and O–H groups in total. The molecular weight excluding hydrogens is 302 g/mol. The number of ether oxygens (including phenoxy) is 2. The number of hydrogen-bond donors (Lipinski definition) is 0. The molecule has 0 saturated carbocycles. The van der Waals surface area contributed by atoms with Crippen molar-refractivity contribution in [3.05, 3.63) is 46.1 Å². The number of rotatable bonds is 4. The summed E-state index contributed by atoms with van der Waals surface area (Å²) in [5.41, 5.74) is 0.707. The van der Waals surface area contributed by atoms with Crippen LogP contribution in [-0.2, 0) is 4.74 Å². The van der Waals surface area contributed by atoms with E-state index >= 15 is 0 Å². The third-order valence-corrected chi connectivity index (χ3v) is 3.99. The Balaban J connectivity index is 1.86. The molecular formula is C16H13NO4S. The molecule has 112 valence electrons. The van der Waals surface area contributed by atoms with E-state index in [9.17, 15) is 4.79 Å². The molecule has 0 aliphatic rings. The number of nitrogens with zero attached hydrogens (tertiary/aromatic N) is 1. The molecule has 0 atom stereocenters. The molecule has 1 aromatic carbocycles. The molecule has 0 aliphatic carbocycles. The summed E-state index contributed by atoms with van der Waals surface area (Å²) < 4.78 is 15.7. The molecule has 6 heteroatoms. The van der Waals surface area contributed by atoms with Crippen LogP contribution in [0.25, 0.3) is 23.1 Å². The number of carbonyl (C=O) groups is 1. The van der Waals surface area contributed by atoms with Gasteiger partial charge in [0.2, 0.25) is 0 Å². The van der Waals surface area contributed by atoms with Crippen molar-refractivity contribution in [1.29, 1.82) is 0 Å². The summed E-state index contributed by atoms with van der Waals surface area (Å²) in [5, 5.41) is 1.67. The molecule has 0 fully saturated rings. The SMILES string of the molecule is COC(=O)c1cnc(/C=C/c2cc3cccc(OC)c3o2)s1. The lowest BCUT2D eigenvalue weighted by molar-refractivity contribution is 0.0606. The predicted molar refractivity (Wildman–Crippen MR) is 85.1 cm³/mol. The first-order valence-electron chi connectivity index (χ1n) is 6.50. The Bertz CT molecular complexity index is 847. The smallest absolute Gasteiger partial charge is 0.349 e. The summed E-state index contributed by atoms with van der Waals surface area (Å²) in [6.45, 7) is 0. The van der Waals surface area contributed by atoms with Crippen LogP contribution in [0.2, 0.25) is 0 Å². The highest BCUT2D eigenvalue weighted by molar-refractivity contribution is 7.14. The summed E-state index contributed by atoms with van der Waals surface area (Å²) in [4.78, 5) is 16.0. The van der Waals surface area contributed by atoms with Crippen molar-refractivity contribution in [2.75, 3.05) is 14.2 Å². The van der Waals surface area contributed by atoms with Crippen molar-refractivity contribution in [1.82, 2.24) is 4.98 Å². The number of esters is 1. The Hall–Kier alpha value is -2.60. The van der Waals surface area contributed by atoms with Crippen LogP contribution in [0.4, 0.5) is 0 Å². The third kappa shape index (κ3) is 2.73. The lowest BCUT2D eigenvalue weighted by Gasteiger charge is -1.98. The average molecular weight is 315 g/mol.